The first-order valence-electron chi connectivity index (χ1n) is 5.40. The molecule has 0 aliphatic rings. The van der Waals surface area contributed by atoms with Gasteiger partial charge in [0.25, 0.3) is 0 Å². The lowest BCUT2D eigenvalue weighted by Crippen LogP contribution is -2.19. The van der Waals surface area contributed by atoms with Crippen LogP contribution in [0.25, 0.3) is 0 Å². The summed E-state index contributed by atoms with van der Waals surface area (Å²) in [6.07, 6.45) is 0. The van der Waals surface area contributed by atoms with Gasteiger partial charge in [-0.3, -0.25) is 0 Å². The zero-order valence-corrected chi connectivity index (χ0v) is 13.3. The first kappa shape index (κ1) is 14.4. The van der Waals surface area contributed by atoms with Crippen LogP contribution in [0.3, 0.4) is 0 Å². The number of rotatable bonds is 5. The van der Waals surface area contributed by atoms with Crippen LogP contribution >= 0.6 is 35.0 Å². The minimum Gasteiger partial charge on any atom is -0.158 e. The number of thioether (sulfide) groups is 1. The molecule has 1 aromatic carbocycles. The molecule has 0 saturated carbocycles. The van der Waals surface area contributed by atoms with Crippen LogP contribution in [0.4, 0.5) is 0 Å². The van der Waals surface area contributed by atoms with Crippen LogP contribution in [0.15, 0.2) is 18.2 Å². The largest absolute Gasteiger partial charge is 0.158 e. The van der Waals surface area contributed by atoms with Crippen molar-refractivity contribution in [2.45, 2.75) is 31.4 Å². The van der Waals surface area contributed by atoms with E-state index in [1.807, 2.05) is 23.9 Å². The van der Waals surface area contributed by atoms with E-state index < -0.39 is 8.07 Å². The third-order valence-electron chi connectivity index (χ3n) is 2.25. The minimum absolute atomic E-state index is 0.637. The highest BCUT2D eigenvalue weighted by atomic mass is 35.5. The first-order chi connectivity index (χ1) is 7.38. The molecule has 0 fully saturated rings. The topological polar surface area (TPSA) is 0 Å². The average molecular weight is 293 g/mol. The zero-order valence-electron chi connectivity index (χ0n) is 10.0. The van der Waals surface area contributed by atoms with E-state index in [9.17, 15) is 0 Å². The maximum atomic E-state index is 5.96. The van der Waals surface area contributed by atoms with Gasteiger partial charge < -0.3 is 0 Å². The van der Waals surface area contributed by atoms with Gasteiger partial charge >= 0.3 is 0 Å². The van der Waals surface area contributed by atoms with Crippen molar-refractivity contribution in [1.82, 2.24) is 0 Å². The summed E-state index contributed by atoms with van der Waals surface area (Å²) in [5.41, 5.74) is 1.26. The molecular weight excluding hydrogens is 275 g/mol. The Morgan fingerprint density at radius 2 is 1.81 bits per heavy atom. The second-order valence-electron chi connectivity index (χ2n) is 5.11. The van der Waals surface area contributed by atoms with Crippen molar-refractivity contribution in [2.75, 3.05) is 5.75 Å². The van der Waals surface area contributed by atoms with Crippen molar-refractivity contribution in [2.24, 2.45) is 0 Å². The first-order valence-corrected chi connectivity index (χ1v) is 11.0. The highest BCUT2D eigenvalue weighted by Crippen LogP contribution is 2.25. The molecular formula is C12H18Cl2SSi. The van der Waals surface area contributed by atoms with E-state index in [0.29, 0.717) is 10.0 Å². The Bertz CT molecular complexity index is 347. The highest BCUT2D eigenvalue weighted by Gasteiger charge is 2.11. The molecule has 0 nitrogen and oxygen atoms in total. The quantitative estimate of drug-likeness (QED) is 0.505. The van der Waals surface area contributed by atoms with E-state index in [-0.39, 0.29) is 0 Å². The van der Waals surface area contributed by atoms with Gasteiger partial charge in [-0.15, -0.1) is 0 Å². The monoisotopic (exact) mass is 292 g/mol. The fourth-order valence-corrected chi connectivity index (χ4v) is 5.10. The number of halogens is 2. The van der Waals surface area contributed by atoms with Crippen LogP contribution in [-0.4, -0.2) is 13.8 Å². The van der Waals surface area contributed by atoms with Gasteiger partial charge in [0, 0.05) is 13.8 Å². The smallest absolute Gasteiger partial charge is 0.0595 e. The number of hydrogen-bond acceptors (Lipinski definition) is 1. The maximum Gasteiger partial charge on any atom is 0.0595 e. The Kier molecular flexibility index (Phi) is 5.72. The van der Waals surface area contributed by atoms with Gasteiger partial charge in [-0.1, -0.05) is 48.9 Å². The molecule has 0 aromatic heterocycles. The van der Waals surface area contributed by atoms with Gasteiger partial charge in [0.2, 0.25) is 0 Å². The molecule has 0 aliphatic carbocycles. The fourth-order valence-electron chi connectivity index (χ4n) is 1.20. The number of hydrogen-bond donors (Lipinski definition) is 0. The van der Waals surface area contributed by atoms with Gasteiger partial charge in [-0.2, -0.15) is 11.8 Å². The third-order valence-corrected chi connectivity index (χ3v) is 6.13. The summed E-state index contributed by atoms with van der Waals surface area (Å²) in [6, 6.07) is 7.26. The van der Waals surface area contributed by atoms with E-state index in [0.717, 1.165) is 5.75 Å². The Morgan fingerprint density at radius 3 is 2.38 bits per heavy atom. The van der Waals surface area contributed by atoms with Crippen LogP contribution in [0.5, 0.6) is 0 Å². The molecule has 0 radical (unpaired) electrons. The lowest BCUT2D eigenvalue weighted by molar-refractivity contribution is 1.35. The van der Waals surface area contributed by atoms with Gasteiger partial charge in [-0.05, 0) is 29.5 Å². The van der Waals surface area contributed by atoms with E-state index in [2.05, 4.69) is 25.7 Å². The van der Waals surface area contributed by atoms with Crippen LogP contribution in [0.1, 0.15) is 5.56 Å². The molecule has 0 heterocycles. The molecule has 0 N–H and O–H groups in total. The van der Waals surface area contributed by atoms with Crippen molar-refractivity contribution in [3.63, 3.8) is 0 Å². The lowest BCUT2D eigenvalue weighted by Gasteiger charge is -2.14. The van der Waals surface area contributed by atoms with E-state index in [1.165, 1.54) is 17.4 Å². The van der Waals surface area contributed by atoms with Gasteiger partial charge in [-0.25, -0.2) is 0 Å². The van der Waals surface area contributed by atoms with Crippen molar-refractivity contribution in [3.8, 4) is 0 Å². The van der Waals surface area contributed by atoms with E-state index >= 15 is 0 Å². The molecule has 4 heteroatoms. The van der Waals surface area contributed by atoms with Crippen LogP contribution in [0.2, 0.25) is 35.7 Å². The highest BCUT2D eigenvalue weighted by molar-refractivity contribution is 7.98. The predicted molar refractivity (Wildman–Crippen MR) is 80.8 cm³/mol. The summed E-state index contributed by atoms with van der Waals surface area (Å²) >= 11 is 13.8. The van der Waals surface area contributed by atoms with Crippen molar-refractivity contribution < 1.29 is 0 Å². The van der Waals surface area contributed by atoms with E-state index in [4.69, 9.17) is 23.2 Å². The summed E-state index contributed by atoms with van der Waals surface area (Å²) in [4.78, 5) is 0. The second-order valence-corrected chi connectivity index (χ2v) is 12.7. The predicted octanol–water partition coefficient (Wildman–Crippen LogP) is 5.56. The van der Waals surface area contributed by atoms with Crippen molar-refractivity contribution in [3.05, 3.63) is 33.8 Å². The SMILES string of the molecule is C[Si](C)(C)CCSCc1ccc(Cl)c(Cl)c1. The Hall–Kier alpha value is 0.367. The molecule has 0 unspecified atom stereocenters. The van der Waals surface area contributed by atoms with Crippen molar-refractivity contribution in [1.29, 1.82) is 0 Å². The third kappa shape index (κ3) is 5.62. The Balaban J connectivity index is 2.35. The van der Waals surface area contributed by atoms with Crippen LogP contribution in [-0.2, 0) is 5.75 Å². The molecule has 1 aromatic rings. The molecule has 0 bridgehead atoms. The Morgan fingerprint density at radius 1 is 1.12 bits per heavy atom. The summed E-state index contributed by atoms with van der Waals surface area (Å²) in [6.45, 7) is 7.23. The molecule has 0 amide bonds. The molecule has 90 valence electrons. The zero-order chi connectivity index (χ0) is 12.2. The summed E-state index contributed by atoms with van der Waals surface area (Å²) in [5, 5.41) is 1.29. The fraction of sp³-hybridized carbons (Fsp3) is 0.500. The second kappa shape index (κ2) is 6.34. The normalized spacial score (nSPS) is 11.8. The van der Waals surface area contributed by atoms with Gasteiger partial charge in [0.15, 0.2) is 0 Å². The maximum absolute atomic E-state index is 5.96. The Labute approximate surface area is 114 Å². The van der Waals surface area contributed by atoms with E-state index in [1.54, 1.807) is 0 Å². The summed E-state index contributed by atoms with van der Waals surface area (Å²) in [7, 11) is -0.883. The van der Waals surface area contributed by atoms with Crippen LogP contribution < -0.4 is 0 Å². The molecule has 1 rings (SSSR count). The summed E-state index contributed by atoms with van der Waals surface area (Å²) in [5.74, 6) is 2.28. The lowest BCUT2D eigenvalue weighted by atomic mass is 10.2. The summed E-state index contributed by atoms with van der Waals surface area (Å²) < 4.78 is 0. The van der Waals surface area contributed by atoms with Gasteiger partial charge in [0.1, 0.15) is 0 Å². The van der Waals surface area contributed by atoms with Crippen molar-refractivity contribution >= 4 is 43.0 Å². The average Bonchev–Trinajstić information content (AvgIpc) is 2.17. The minimum atomic E-state index is -0.883. The molecule has 0 aliphatic heterocycles. The molecule has 0 saturated heterocycles. The standard InChI is InChI=1S/C12H18Cl2SSi/c1-16(2,3)7-6-15-9-10-4-5-11(13)12(14)8-10/h4-5,8H,6-7,9H2,1-3H3. The molecule has 0 atom stereocenters. The van der Waals surface area contributed by atoms with Gasteiger partial charge in [0.05, 0.1) is 10.0 Å². The van der Waals surface area contributed by atoms with Crippen LogP contribution in [0, 0.1) is 0 Å². The number of benzene rings is 1. The molecule has 0 spiro atoms. The molecule has 16 heavy (non-hydrogen) atoms.